The van der Waals surface area contributed by atoms with Crippen molar-refractivity contribution in [2.75, 3.05) is 11.5 Å². The number of benzene rings is 3. The average molecular weight is 466 g/mol. The number of aliphatic hydroxyl groups is 1. The minimum absolute atomic E-state index is 0.0637. The van der Waals surface area contributed by atoms with Gasteiger partial charge in [0.15, 0.2) is 0 Å². The zero-order valence-electron chi connectivity index (χ0n) is 19.2. The van der Waals surface area contributed by atoms with Gasteiger partial charge in [-0.1, -0.05) is 37.6 Å². The average Bonchev–Trinajstić information content (AvgIpc) is 2.85. The van der Waals surface area contributed by atoms with Gasteiger partial charge in [-0.05, 0) is 78.9 Å². The molecule has 6 heteroatoms. The Labute approximate surface area is 198 Å². The first-order valence-electron chi connectivity index (χ1n) is 11.7. The van der Waals surface area contributed by atoms with Crippen molar-refractivity contribution in [1.29, 1.82) is 0 Å². The van der Waals surface area contributed by atoms with Crippen molar-refractivity contribution in [3.8, 4) is 5.75 Å². The van der Waals surface area contributed by atoms with Crippen molar-refractivity contribution >= 4 is 11.6 Å². The molecule has 3 aromatic rings. The molecule has 3 aromatic carbocycles. The summed E-state index contributed by atoms with van der Waals surface area (Å²) >= 11 is 0. The quantitative estimate of drug-likeness (QED) is 0.280. The van der Waals surface area contributed by atoms with Crippen LogP contribution in [0.15, 0.2) is 72.8 Å². The number of unbranched alkanes of at least 4 members (excludes halogenated alkanes) is 1. The maximum Gasteiger partial charge on any atom is 0.233 e. The van der Waals surface area contributed by atoms with Crippen LogP contribution >= 0.6 is 0 Å². The molecule has 1 saturated heterocycles. The van der Waals surface area contributed by atoms with Crippen molar-refractivity contribution in [2.24, 2.45) is 5.92 Å². The molecule has 178 valence electrons. The molecule has 0 aromatic heterocycles. The number of rotatable bonds is 10. The zero-order chi connectivity index (χ0) is 24.1. The SMILES string of the molecule is CCCCOc1ccc(C2C(CC[C@H](O)c3ccc(F)cc3)C(=O)N2c2ccc(F)cc2)cc1. The fraction of sp³-hybridized carbons (Fsp3) is 0.321. The Balaban J connectivity index is 1.52. The first-order valence-corrected chi connectivity index (χ1v) is 11.7. The van der Waals surface area contributed by atoms with Crippen LogP contribution < -0.4 is 9.64 Å². The molecule has 34 heavy (non-hydrogen) atoms. The fourth-order valence-electron chi connectivity index (χ4n) is 4.39. The molecule has 1 N–H and O–H groups in total. The van der Waals surface area contributed by atoms with E-state index < -0.39 is 6.10 Å². The van der Waals surface area contributed by atoms with Crippen LogP contribution in [0.3, 0.4) is 0 Å². The monoisotopic (exact) mass is 465 g/mol. The lowest BCUT2D eigenvalue weighted by Gasteiger charge is -2.48. The maximum absolute atomic E-state index is 13.5. The molecule has 1 aliphatic heterocycles. The normalized spacial score (nSPS) is 18.5. The number of β-lactam (4-membered cyclic amide) rings is 1. The van der Waals surface area contributed by atoms with Gasteiger partial charge in [0.2, 0.25) is 5.91 Å². The Morgan fingerprint density at radius 3 is 2.18 bits per heavy atom. The molecule has 4 nitrogen and oxygen atoms in total. The Kier molecular flexibility index (Phi) is 7.58. The summed E-state index contributed by atoms with van der Waals surface area (Å²) in [7, 11) is 0. The summed E-state index contributed by atoms with van der Waals surface area (Å²) in [4.78, 5) is 14.8. The fourth-order valence-corrected chi connectivity index (χ4v) is 4.39. The predicted molar refractivity (Wildman–Crippen MR) is 128 cm³/mol. The third kappa shape index (κ3) is 5.28. The number of hydrogen-bond donors (Lipinski definition) is 1. The topological polar surface area (TPSA) is 49.8 Å². The minimum Gasteiger partial charge on any atom is -0.494 e. The third-order valence-electron chi connectivity index (χ3n) is 6.31. The van der Waals surface area contributed by atoms with Gasteiger partial charge < -0.3 is 14.7 Å². The van der Waals surface area contributed by atoms with E-state index in [1.165, 1.54) is 24.3 Å². The molecule has 0 saturated carbocycles. The molecular weight excluding hydrogens is 436 g/mol. The summed E-state index contributed by atoms with van der Waals surface area (Å²) in [6.45, 7) is 2.76. The van der Waals surface area contributed by atoms with Gasteiger partial charge in [0.1, 0.15) is 17.4 Å². The predicted octanol–water partition coefficient (Wildman–Crippen LogP) is 6.36. The van der Waals surface area contributed by atoms with Gasteiger partial charge in [-0.2, -0.15) is 0 Å². The van der Waals surface area contributed by atoms with Gasteiger partial charge in [-0.25, -0.2) is 8.78 Å². The number of hydrogen-bond acceptors (Lipinski definition) is 3. The van der Waals surface area contributed by atoms with Crippen LogP contribution in [0.5, 0.6) is 5.75 Å². The van der Waals surface area contributed by atoms with E-state index in [9.17, 15) is 18.7 Å². The highest BCUT2D eigenvalue weighted by Gasteiger charge is 2.48. The van der Waals surface area contributed by atoms with Crippen LogP contribution in [-0.4, -0.2) is 17.6 Å². The number of anilines is 1. The number of carbonyl (C=O) groups excluding carboxylic acids is 1. The minimum atomic E-state index is -0.789. The van der Waals surface area contributed by atoms with Crippen LogP contribution in [0.25, 0.3) is 0 Å². The van der Waals surface area contributed by atoms with E-state index in [2.05, 4.69) is 6.92 Å². The highest BCUT2D eigenvalue weighted by Crippen LogP contribution is 2.46. The third-order valence-corrected chi connectivity index (χ3v) is 6.31. The largest absolute Gasteiger partial charge is 0.494 e. The van der Waals surface area contributed by atoms with Crippen LogP contribution in [0.2, 0.25) is 0 Å². The summed E-state index contributed by atoms with van der Waals surface area (Å²) in [5, 5.41) is 10.6. The molecular formula is C28H29F2NO3. The van der Waals surface area contributed by atoms with E-state index in [4.69, 9.17) is 4.74 Å². The number of carbonyl (C=O) groups is 1. The standard InChI is InChI=1S/C28H29F2NO3/c1-2-3-18-34-24-14-6-20(7-15-24)27-25(16-17-26(32)19-4-8-21(29)9-5-19)28(33)31(27)23-12-10-22(30)11-13-23/h4-15,25-27,32H,2-3,16-18H2,1H3/t25?,26-,27?/m0/s1. The Morgan fingerprint density at radius 2 is 1.56 bits per heavy atom. The van der Waals surface area contributed by atoms with Gasteiger partial charge in [0.25, 0.3) is 0 Å². The van der Waals surface area contributed by atoms with Gasteiger partial charge in [0, 0.05) is 5.69 Å². The molecule has 0 spiro atoms. The number of aliphatic hydroxyl groups excluding tert-OH is 1. The summed E-state index contributed by atoms with van der Waals surface area (Å²) in [6, 6.07) is 19.1. The molecule has 1 aliphatic rings. The maximum atomic E-state index is 13.5. The van der Waals surface area contributed by atoms with Crippen LogP contribution in [-0.2, 0) is 4.79 Å². The number of halogens is 2. The number of nitrogens with zero attached hydrogens (tertiary/aromatic N) is 1. The smallest absolute Gasteiger partial charge is 0.233 e. The van der Waals surface area contributed by atoms with Crippen molar-refractivity contribution in [3.05, 3.63) is 95.6 Å². The summed E-state index contributed by atoms with van der Waals surface area (Å²) in [5.41, 5.74) is 2.21. The lowest BCUT2D eigenvalue weighted by Crippen LogP contribution is -2.55. The van der Waals surface area contributed by atoms with Crippen LogP contribution in [0.1, 0.15) is 55.9 Å². The van der Waals surface area contributed by atoms with Gasteiger partial charge in [-0.3, -0.25) is 4.79 Å². The van der Waals surface area contributed by atoms with Crippen LogP contribution in [0.4, 0.5) is 14.5 Å². The second kappa shape index (κ2) is 10.8. The molecule has 0 bridgehead atoms. The van der Waals surface area contributed by atoms with Gasteiger partial charge >= 0.3 is 0 Å². The molecule has 0 aliphatic carbocycles. The van der Waals surface area contributed by atoms with E-state index in [1.54, 1.807) is 29.2 Å². The molecule has 2 unspecified atom stereocenters. The van der Waals surface area contributed by atoms with Crippen molar-refractivity contribution in [1.82, 2.24) is 0 Å². The Morgan fingerprint density at radius 1 is 0.941 bits per heavy atom. The molecule has 1 fully saturated rings. The van der Waals surface area contributed by atoms with Crippen LogP contribution in [0, 0.1) is 17.6 Å². The van der Waals surface area contributed by atoms with E-state index in [0.717, 1.165) is 24.2 Å². The van der Waals surface area contributed by atoms with Crippen molar-refractivity contribution < 1.29 is 23.4 Å². The second-order valence-electron chi connectivity index (χ2n) is 8.65. The van der Waals surface area contributed by atoms with E-state index in [-0.39, 0.29) is 29.5 Å². The molecule has 0 radical (unpaired) electrons. The van der Waals surface area contributed by atoms with E-state index in [1.807, 2.05) is 24.3 Å². The zero-order valence-corrected chi connectivity index (χ0v) is 19.2. The molecule has 3 atom stereocenters. The molecule has 1 heterocycles. The first-order chi connectivity index (χ1) is 16.5. The van der Waals surface area contributed by atoms with E-state index in [0.29, 0.717) is 30.7 Å². The highest BCUT2D eigenvalue weighted by atomic mass is 19.1. The number of ether oxygens (including phenoxy) is 1. The van der Waals surface area contributed by atoms with Crippen molar-refractivity contribution in [2.45, 2.75) is 44.8 Å². The summed E-state index contributed by atoms with van der Waals surface area (Å²) in [6.07, 6.45) is 2.08. The Bertz CT molecular complexity index is 1080. The molecule has 1 amide bonds. The van der Waals surface area contributed by atoms with Gasteiger partial charge in [-0.15, -0.1) is 0 Å². The summed E-state index contributed by atoms with van der Waals surface area (Å²) in [5.74, 6) is -0.333. The summed E-state index contributed by atoms with van der Waals surface area (Å²) < 4.78 is 32.4. The molecule has 4 rings (SSSR count). The number of amides is 1. The first kappa shape index (κ1) is 23.9. The lowest BCUT2D eigenvalue weighted by atomic mass is 9.78. The van der Waals surface area contributed by atoms with Gasteiger partial charge in [0.05, 0.1) is 24.7 Å². The second-order valence-corrected chi connectivity index (χ2v) is 8.65. The lowest BCUT2D eigenvalue weighted by molar-refractivity contribution is -0.131. The Hall–Kier alpha value is -3.25. The van der Waals surface area contributed by atoms with Crippen molar-refractivity contribution in [3.63, 3.8) is 0 Å². The van der Waals surface area contributed by atoms with E-state index >= 15 is 0 Å². The highest BCUT2D eigenvalue weighted by molar-refractivity contribution is 6.03.